The number of nitrogens with zero attached hydrogens (tertiary/aromatic N) is 3. The van der Waals surface area contributed by atoms with Crippen LogP contribution >= 0.6 is 0 Å². The van der Waals surface area contributed by atoms with Crippen LogP contribution in [0.1, 0.15) is 30.9 Å². The van der Waals surface area contributed by atoms with Crippen LogP contribution in [0.2, 0.25) is 0 Å². The summed E-state index contributed by atoms with van der Waals surface area (Å²) in [5.41, 5.74) is 3.72. The zero-order valence-corrected chi connectivity index (χ0v) is 17.1. The minimum atomic E-state index is -0.0237. The molecular weight excluding hydrogens is 380 g/mol. The first-order valence-electron chi connectivity index (χ1n) is 10.6. The molecule has 30 heavy (non-hydrogen) atoms. The monoisotopic (exact) mass is 406 g/mol. The average Bonchev–Trinajstić information content (AvgIpc) is 3.34. The first-order chi connectivity index (χ1) is 14.7. The number of hydrogen-bond donors (Lipinski definition) is 1. The Morgan fingerprint density at radius 1 is 1.17 bits per heavy atom. The van der Waals surface area contributed by atoms with Crippen molar-refractivity contribution >= 4 is 22.0 Å². The molecule has 156 valence electrons. The number of H-pyrrole nitrogens is 1. The number of methoxy groups -OCH3 is 1. The normalized spacial score (nSPS) is 15.9. The molecule has 0 aliphatic carbocycles. The van der Waals surface area contributed by atoms with Crippen molar-refractivity contribution in [2.45, 2.75) is 31.7 Å². The van der Waals surface area contributed by atoms with Crippen LogP contribution in [0.15, 0.2) is 51.8 Å². The average molecular weight is 406 g/mol. The third-order valence-electron chi connectivity index (χ3n) is 6.22. The van der Waals surface area contributed by atoms with Gasteiger partial charge in [-0.05, 0) is 63.2 Å². The van der Waals surface area contributed by atoms with Gasteiger partial charge in [0, 0.05) is 23.9 Å². The lowest BCUT2D eigenvalue weighted by atomic mass is 9.91. The van der Waals surface area contributed by atoms with E-state index in [9.17, 15) is 4.79 Å². The molecule has 0 amide bonds. The summed E-state index contributed by atoms with van der Waals surface area (Å²) in [6.45, 7) is 3.81. The third-order valence-corrected chi connectivity index (χ3v) is 6.22. The van der Waals surface area contributed by atoms with Gasteiger partial charge in [0.25, 0.3) is 0 Å². The summed E-state index contributed by atoms with van der Waals surface area (Å²) >= 11 is 0. The summed E-state index contributed by atoms with van der Waals surface area (Å²) in [6, 6.07) is 13.8. The fraction of sp³-hybridized carbons (Fsp3) is 0.391. The predicted octanol–water partition coefficient (Wildman–Crippen LogP) is 3.75. The minimum Gasteiger partial charge on any atom is -0.497 e. The number of aromatic amines is 1. The van der Waals surface area contributed by atoms with Crippen LogP contribution in [-0.2, 0) is 6.54 Å². The molecule has 0 radical (unpaired) electrons. The van der Waals surface area contributed by atoms with Crippen LogP contribution in [0.4, 0.5) is 0 Å². The van der Waals surface area contributed by atoms with Gasteiger partial charge in [0.1, 0.15) is 5.75 Å². The standard InChI is InChI=1S/C23H26N4O3/c1-29-17-7-8-18-21(15-17)30-25-22(18)16-9-13-26(14-10-16)11-4-12-27-20-6-3-2-5-19(20)24-23(27)28/h2-3,5-8,15-16H,4,9-14H2,1H3,(H,24,28). The molecule has 2 aromatic carbocycles. The van der Waals surface area contributed by atoms with Crippen LogP contribution < -0.4 is 10.4 Å². The van der Waals surface area contributed by atoms with E-state index in [0.29, 0.717) is 5.92 Å². The lowest BCUT2D eigenvalue weighted by Crippen LogP contribution is -2.34. The van der Waals surface area contributed by atoms with Gasteiger partial charge in [-0.3, -0.25) is 4.57 Å². The van der Waals surface area contributed by atoms with Gasteiger partial charge in [-0.25, -0.2) is 4.79 Å². The van der Waals surface area contributed by atoms with Crippen LogP contribution in [0.25, 0.3) is 22.0 Å². The highest BCUT2D eigenvalue weighted by atomic mass is 16.5. The molecule has 0 spiro atoms. The number of rotatable bonds is 6. The second-order valence-electron chi connectivity index (χ2n) is 8.00. The number of likely N-dealkylation sites (tertiary alicyclic amines) is 1. The number of hydrogen-bond acceptors (Lipinski definition) is 5. The maximum Gasteiger partial charge on any atom is 0.326 e. The Balaban J connectivity index is 1.18. The number of fused-ring (bicyclic) bond motifs is 2. The number of imidazole rings is 1. The lowest BCUT2D eigenvalue weighted by Gasteiger charge is -2.31. The van der Waals surface area contributed by atoms with Gasteiger partial charge in [0.05, 0.1) is 23.8 Å². The molecule has 1 saturated heterocycles. The Bertz CT molecular complexity index is 1210. The molecular formula is C23H26N4O3. The Hall–Kier alpha value is -3.06. The number of ether oxygens (including phenoxy) is 1. The van der Waals surface area contributed by atoms with Crippen LogP contribution in [0.3, 0.4) is 0 Å². The van der Waals surface area contributed by atoms with Crippen LogP contribution in [0.5, 0.6) is 5.75 Å². The smallest absolute Gasteiger partial charge is 0.326 e. The largest absolute Gasteiger partial charge is 0.497 e. The van der Waals surface area contributed by atoms with Gasteiger partial charge >= 0.3 is 5.69 Å². The summed E-state index contributed by atoms with van der Waals surface area (Å²) in [7, 11) is 1.66. The van der Waals surface area contributed by atoms with Crippen LogP contribution in [-0.4, -0.2) is 46.4 Å². The molecule has 5 rings (SSSR count). The number of piperidine rings is 1. The van der Waals surface area contributed by atoms with Gasteiger partial charge in [0.15, 0.2) is 5.58 Å². The van der Waals surface area contributed by atoms with Crippen molar-refractivity contribution in [2.75, 3.05) is 26.7 Å². The van der Waals surface area contributed by atoms with Crippen molar-refractivity contribution in [2.24, 2.45) is 0 Å². The van der Waals surface area contributed by atoms with Gasteiger partial charge in [-0.15, -0.1) is 0 Å². The molecule has 0 saturated carbocycles. The zero-order valence-electron chi connectivity index (χ0n) is 17.1. The number of nitrogens with one attached hydrogen (secondary N) is 1. The van der Waals surface area contributed by atoms with E-state index < -0.39 is 0 Å². The number of aryl methyl sites for hydroxylation is 1. The van der Waals surface area contributed by atoms with E-state index in [-0.39, 0.29) is 5.69 Å². The van der Waals surface area contributed by atoms with Crippen molar-refractivity contribution in [1.29, 1.82) is 0 Å². The molecule has 1 aliphatic rings. The summed E-state index contributed by atoms with van der Waals surface area (Å²) in [6.07, 6.45) is 3.10. The van der Waals surface area contributed by atoms with E-state index in [1.165, 1.54) is 0 Å². The highest BCUT2D eigenvalue weighted by Crippen LogP contribution is 2.33. The second kappa shape index (κ2) is 7.99. The van der Waals surface area contributed by atoms with E-state index >= 15 is 0 Å². The zero-order chi connectivity index (χ0) is 20.5. The van der Waals surface area contributed by atoms with Gasteiger partial charge in [-0.1, -0.05) is 17.3 Å². The van der Waals surface area contributed by atoms with E-state index in [1.54, 1.807) is 7.11 Å². The first kappa shape index (κ1) is 18.9. The first-order valence-corrected chi connectivity index (χ1v) is 10.6. The van der Waals surface area contributed by atoms with Gasteiger partial charge in [0.2, 0.25) is 0 Å². The molecule has 1 aliphatic heterocycles. The molecule has 7 nitrogen and oxygen atoms in total. The Kier molecular flexibility index (Phi) is 5.04. The number of aromatic nitrogens is 3. The molecule has 1 fully saturated rings. The molecule has 7 heteroatoms. The molecule has 0 unspecified atom stereocenters. The number of benzene rings is 2. The summed E-state index contributed by atoms with van der Waals surface area (Å²) in [5.74, 6) is 1.21. The van der Waals surface area contributed by atoms with E-state index in [0.717, 1.165) is 78.9 Å². The third kappa shape index (κ3) is 3.50. The molecule has 4 aromatic rings. The van der Waals surface area contributed by atoms with E-state index in [1.807, 2.05) is 47.0 Å². The molecule has 0 atom stereocenters. The van der Waals surface area contributed by atoms with Crippen molar-refractivity contribution in [1.82, 2.24) is 19.6 Å². The Morgan fingerprint density at radius 3 is 2.83 bits per heavy atom. The summed E-state index contributed by atoms with van der Waals surface area (Å²) < 4.78 is 12.7. The molecule has 3 heterocycles. The van der Waals surface area contributed by atoms with Gasteiger partial charge < -0.3 is 19.1 Å². The fourth-order valence-electron chi connectivity index (χ4n) is 4.57. The van der Waals surface area contributed by atoms with Gasteiger partial charge in [-0.2, -0.15) is 0 Å². The molecule has 2 aromatic heterocycles. The van der Waals surface area contributed by atoms with Crippen molar-refractivity contribution in [3.63, 3.8) is 0 Å². The number of para-hydroxylation sites is 2. The topological polar surface area (TPSA) is 76.3 Å². The highest BCUT2D eigenvalue weighted by molar-refractivity contribution is 5.81. The Morgan fingerprint density at radius 2 is 2.00 bits per heavy atom. The summed E-state index contributed by atoms with van der Waals surface area (Å²) in [5, 5.41) is 5.45. The second-order valence-corrected chi connectivity index (χ2v) is 8.00. The van der Waals surface area contributed by atoms with Crippen molar-refractivity contribution in [3.8, 4) is 5.75 Å². The van der Waals surface area contributed by atoms with Crippen molar-refractivity contribution < 1.29 is 9.26 Å². The van der Waals surface area contributed by atoms with E-state index in [2.05, 4.69) is 15.0 Å². The maximum absolute atomic E-state index is 12.2. The molecule has 1 N–H and O–H groups in total. The predicted molar refractivity (Wildman–Crippen MR) is 116 cm³/mol. The Labute approximate surface area is 174 Å². The maximum atomic E-state index is 12.2. The van der Waals surface area contributed by atoms with Crippen LogP contribution in [0, 0.1) is 0 Å². The minimum absolute atomic E-state index is 0.0237. The lowest BCUT2D eigenvalue weighted by molar-refractivity contribution is 0.204. The molecule has 0 bridgehead atoms. The van der Waals surface area contributed by atoms with E-state index in [4.69, 9.17) is 9.26 Å². The quantitative estimate of drug-likeness (QED) is 0.528. The summed E-state index contributed by atoms with van der Waals surface area (Å²) in [4.78, 5) is 17.6. The fourth-order valence-corrected chi connectivity index (χ4v) is 4.57. The van der Waals surface area contributed by atoms with Crippen molar-refractivity contribution in [3.05, 3.63) is 58.6 Å². The highest BCUT2D eigenvalue weighted by Gasteiger charge is 2.25. The SMILES string of the molecule is COc1ccc2c(C3CCN(CCCn4c(=O)[nH]c5ccccc54)CC3)noc2c1.